The molecule has 0 radical (unpaired) electrons. The molecule has 25 heavy (non-hydrogen) atoms. The number of rotatable bonds is 3. The molecule has 5 heteroatoms. The second-order valence-corrected chi connectivity index (χ2v) is 6.74. The van der Waals surface area contributed by atoms with Gasteiger partial charge in [-0.15, -0.1) is 0 Å². The quantitative estimate of drug-likeness (QED) is 0.665. The van der Waals surface area contributed by atoms with E-state index < -0.39 is 0 Å². The molecule has 2 heterocycles. The molecule has 1 N–H and O–H groups in total. The van der Waals surface area contributed by atoms with Gasteiger partial charge in [-0.2, -0.15) is 0 Å². The fourth-order valence-electron chi connectivity index (χ4n) is 3.36. The first-order valence-corrected chi connectivity index (χ1v) is 8.66. The first-order chi connectivity index (χ1) is 11.7. The van der Waals surface area contributed by atoms with E-state index in [0.717, 1.165) is 44.3 Å². The molecule has 0 aliphatic carbocycles. The lowest BCUT2D eigenvalue weighted by Gasteiger charge is -2.25. The monoisotopic (exact) mass is 357 g/mol. The van der Waals surface area contributed by atoms with Crippen molar-refractivity contribution in [3.05, 3.63) is 53.6 Å². The Balaban J connectivity index is 0.00000182. The highest BCUT2D eigenvalue weighted by molar-refractivity contribution is 5.81. The van der Waals surface area contributed by atoms with Crippen molar-refractivity contribution in [2.75, 3.05) is 26.3 Å². The molecule has 1 fully saturated rings. The summed E-state index contributed by atoms with van der Waals surface area (Å²) in [5.74, 6) is 1.06. The summed E-state index contributed by atoms with van der Waals surface area (Å²) in [5.41, 5.74) is 6.01. The summed E-state index contributed by atoms with van der Waals surface area (Å²) in [6, 6.07) is 15.2. The summed E-state index contributed by atoms with van der Waals surface area (Å²) in [7, 11) is 0. The second-order valence-electron chi connectivity index (χ2n) is 6.74. The average molecular weight is 358 g/mol. The van der Waals surface area contributed by atoms with Crippen molar-refractivity contribution in [2.24, 2.45) is 0 Å². The summed E-state index contributed by atoms with van der Waals surface area (Å²) in [6.07, 6.45) is 0. The highest BCUT2D eigenvalue weighted by atomic mass is 35.5. The van der Waals surface area contributed by atoms with Gasteiger partial charge in [0.05, 0.1) is 24.2 Å². The summed E-state index contributed by atoms with van der Waals surface area (Å²) in [5, 5.41) is 0. The maximum absolute atomic E-state index is 5.50. The van der Waals surface area contributed by atoms with Crippen molar-refractivity contribution in [2.45, 2.75) is 20.5 Å². The molecule has 0 saturated carbocycles. The van der Waals surface area contributed by atoms with Gasteiger partial charge in [0.25, 0.3) is 0 Å². The largest absolute Gasteiger partial charge is 1.00 e. The molecular formula is C20H24ClN3O. The van der Waals surface area contributed by atoms with E-state index in [9.17, 15) is 0 Å². The predicted octanol–water partition coefficient (Wildman–Crippen LogP) is -0.803. The molecule has 0 amide bonds. The van der Waals surface area contributed by atoms with Gasteiger partial charge in [0.2, 0.25) is 0 Å². The Labute approximate surface area is 154 Å². The maximum Gasteiger partial charge on any atom is 0.158 e. The lowest BCUT2D eigenvalue weighted by molar-refractivity contribution is -0.929. The van der Waals surface area contributed by atoms with E-state index in [1.807, 2.05) is 0 Å². The molecule has 132 valence electrons. The number of benzene rings is 2. The van der Waals surface area contributed by atoms with Crippen LogP contribution in [0.5, 0.6) is 0 Å². The number of imidazole rings is 1. The minimum absolute atomic E-state index is 0. The van der Waals surface area contributed by atoms with Gasteiger partial charge in [-0.25, -0.2) is 4.98 Å². The Morgan fingerprint density at radius 3 is 2.40 bits per heavy atom. The molecule has 3 aromatic rings. The lowest BCUT2D eigenvalue weighted by Crippen LogP contribution is -3.13. The van der Waals surface area contributed by atoms with Crippen LogP contribution in [0.2, 0.25) is 0 Å². The summed E-state index contributed by atoms with van der Waals surface area (Å²) in [4.78, 5) is 6.51. The summed E-state index contributed by atoms with van der Waals surface area (Å²) in [6.45, 7) is 8.98. The van der Waals surface area contributed by atoms with Crippen LogP contribution >= 0.6 is 0 Å². The first-order valence-electron chi connectivity index (χ1n) is 8.66. The second kappa shape index (κ2) is 7.56. The number of hydrogen-bond donors (Lipinski definition) is 1. The Bertz CT molecular complexity index is 851. The molecule has 2 aromatic carbocycles. The number of quaternary nitrogens is 1. The number of aryl methyl sites for hydroxylation is 2. The Hall–Kier alpha value is -1.88. The lowest BCUT2D eigenvalue weighted by atomic mass is 10.1. The highest BCUT2D eigenvalue weighted by Gasteiger charge is 2.19. The van der Waals surface area contributed by atoms with E-state index in [0.29, 0.717) is 0 Å². The molecule has 1 aromatic heterocycles. The minimum atomic E-state index is 0. The van der Waals surface area contributed by atoms with Gasteiger partial charge in [0, 0.05) is 5.56 Å². The van der Waals surface area contributed by atoms with Crippen molar-refractivity contribution >= 4 is 11.0 Å². The van der Waals surface area contributed by atoms with Gasteiger partial charge >= 0.3 is 0 Å². The van der Waals surface area contributed by atoms with E-state index in [-0.39, 0.29) is 12.4 Å². The van der Waals surface area contributed by atoms with Crippen LogP contribution in [-0.2, 0) is 11.4 Å². The first kappa shape index (κ1) is 17.9. The minimum Gasteiger partial charge on any atom is -1.00 e. The number of ether oxygens (including phenoxy) is 1. The van der Waals surface area contributed by atoms with Crippen molar-refractivity contribution in [1.29, 1.82) is 0 Å². The number of morpholine rings is 1. The van der Waals surface area contributed by atoms with Gasteiger partial charge in [-0.3, -0.25) is 4.57 Å². The Morgan fingerprint density at radius 1 is 1.00 bits per heavy atom. The van der Waals surface area contributed by atoms with Gasteiger partial charge in [0.1, 0.15) is 18.9 Å². The number of halogens is 1. The van der Waals surface area contributed by atoms with Crippen LogP contribution in [-0.4, -0.2) is 35.9 Å². The van der Waals surface area contributed by atoms with E-state index in [2.05, 4.69) is 60.9 Å². The number of hydrogen-bond acceptors (Lipinski definition) is 2. The van der Waals surface area contributed by atoms with Crippen LogP contribution in [0.3, 0.4) is 0 Å². The third-order valence-electron chi connectivity index (χ3n) is 4.80. The number of aromatic nitrogens is 2. The van der Waals surface area contributed by atoms with Crippen LogP contribution < -0.4 is 17.3 Å². The normalized spacial score (nSPS) is 15.3. The summed E-state index contributed by atoms with van der Waals surface area (Å²) < 4.78 is 7.88. The standard InChI is InChI=1S/C20H23N3O.ClH/c1-15-3-6-17(7-4-15)20-21-18-13-16(2)5-8-19(18)23(20)14-22-9-11-24-12-10-22;/h3-8,13H,9-12,14H2,1-2H3;1H. The van der Waals surface area contributed by atoms with Crippen LogP contribution in [0.4, 0.5) is 0 Å². The van der Waals surface area contributed by atoms with Crippen molar-refractivity contribution in [3.63, 3.8) is 0 Å². The molecule has 1 saturated heterocycles. The van der Waals surface area contributed by atoms with Crippen molar-refractivity contribution in [3.8, 4) is 11.4 Å². The van der Waals surface area contributed by atoms with E-state index >= 15 is 0 Å². The molecule has 4 nitrogen and oxygen atoms in total. The third-order valence-corrected chi connectivity index (χ3v) is 4.80. The smallest absolute Gasteiger partial charge is 0.158 e. The molecule has 0 bridgehead atoms. The average Bonchev–Trinajstić information content (AvgIpc) is 2.94. The van der Waals surface area contributed by atoms with Crippen LogP contribution in [0.15, 0.2) is 42.5 Å². The number of nitrogens with zero attached hydrogens (tertiary/aromatic N) is 2. The van der Waals surface area contributed by atoms with E-state index in [1.54, 1.807) is 4.90 Å². The van der Waals surface area contributed by atoms with Gasteiger partial charge < -0.3 is 22.0 Å². The zero-order valence-electron chi connectivity index (χ0n) is 14.8. The molecule has 0 unspecified atom stereocenters. The Kier molecular flexibility index (Phi) is 5.42. The molecular weight excluding hydrogens is 334 g/mol. The van der Waals surface area contributed by atoms with E-state index in [4.69, 9.17) is 9.72 Å². The maximum atomic E-state index is 5.50. The van der Waals surface area contributed by atoms with Crippen LogP contribution in [0.1, 0.15) is 11.1 Å². The van der Waals surface area contributed by atoms with E-state index in [1.165, 1.54) is 22.2 Å². The zero-order chi connectivity index (χ0) is 16.5. The third kappa shape index (κ3) is 3.71. The number of fused-ring (bicyclic) bond motifs is 1. The van der Waals surface area contributed by atoms with Crippen LogP contribution in [0, 0.1) is 13.8 Å². The van der Waals surface area contributed by atoms with Gasteiger partial charge in [0.15, 0.2) is 6.67 Å². The topological polar surface area (TPSA) is 31.5 Å². The van der Waals surface area contributed by atoms with Crippen LogP contribution in [0.25, 0.3) is 22.4 Å². The Morgan fingerprint density at radius 2 is 1.68 bits per heavy atom. The molecule has 1 aliphatic heterocycles. The molecule has 1 aliphatic rings. The van der Waals surface area contributed by atoms with Gasteiger partial charge in [-0.1, -0.05) is 35.9 Å². The molecule has 0 spiro atoms. The zero-order valence-corrected chi connectivity index (χ0v) is 15.5. The summed E-state index contributed by atoms with van der Waals surface area (Å²) >= 11 is 0. The predicted molar refractivity (Wildman–Crippen MR) is 96.2 cm³/mol. The fraction of sp³-hybridized carbons (Fsp3) is 0.350. The number of nitrogens with one attached hydrogen (secondary N) is 1. The SMILES string of the molecule is Cc1ccc(-c2nc3cc(C)ccc3n2C[NH+]2CCOCC2)cc1.[Cl-]. The highest BCUT2D eigenvalue weighted by Crippen LogP contribution is 2.25. The molecule has 0 atom stereocenters. The van der Waals surface area contributed by atoms with Gasteiger partial charge in [-0.05, 0) is 31.5 Å². The molecule has 4 rings (SSSR count). The van der Waals surface area contributed by atoms with Crippen molar-refractivity contribution in [1.82, 2.24) is 9.55 Å². The fourth-order valence-corrected chi connectivity index (χ4v) is 3.36. The van der Waals surface area contributed by atoms with Crippen molar-refractivity contribution < 1.29 is 22.0 Å².